The maximum Gasteiger partial charge on any atom is 0.223 e. The third kappa shape index (κ3) is 5.52. The van der Waals surface area contributed by atoms with Crippen LogP contribution in [-0.4, -0.2) is 38.6 Å². The first-order valence-corrected chi connectivity index (χ1v) is 8.70. The third-order valence-electron chi connectivity index (χ3n) is 4.32. The molecular weight excluding hydrogens is 312 g/mol. The van der Waals surface area contributed by atoms with E-state index in [1.54, 1.807) is 7.11 Å². The number of benzene rings is 2. The molecule has 0 N–H and O–H groups in total. The highest BCUT2D eigenvalue weighted by atomic mass is 16.5. The zero-order valence-corrected chi connectivity index (χ0v) is 15.7. The van der Waals surface area contributed by atoms with Crippen molar-refractivity contribution in [2.75, 3.05) is 32.6 Å². The Labute approximate surface area is 151 Å². The second-order valence-electron chi connectivity index (χ2n) is 6.32. The van der Waals surface area contributed by atoms with Crippen LogP contribution in [0.1, 0.15) is 24.5 Å². The highest BCUT2D eigenvalue weighted by Gasteiger charge is 2.12. The van der Waals surface area contributed by atoms with Gasteiger partial charge in [0.05, 0.1) is 7.11 Å². The van der Waals surface area contributed by atoms with Crippen LogP contribution in [0.2, 0.25) is 0 Å². The van der Waals surface area contributed by atoms with Crippen LogP contribution < -0.4 is 9.64 Å². The number of hydrogen-bond acceptors (Lipinski definition) is 3. The molecule has 0 spiro atoms. The summed E-state index contributed by atoms with van der Waals surface area (Å²) < 4.78 is 5.24. The number of carbonyl (C=O) groups excluding carboxylic acids is 1. The zero-order chi connectivity index (χ0) is 18.2. The van der Waals surface area contributed by atoms with Crippen molar-refractivity contribution in [2.45, 2.75) is 26.3 Å². The molecule has 2 aromatic rings. The number of amides is 1. The summed E-state index contributed by atoms with van der Waals surface area (Å²) in [6, 6.07) is 16.3. The van der Waals surface area contributed by atoms with E-state index in [1.807, 2.05) is 50.2 Å². The summed E-state index contributed by atoms with van der Waals surface area (Å²) in [5.41, 5.74) is 3.44. The van der Waals surface area contributed by atoms with E-state index in [0.29, 0.717) is 19.5 Å². The molecule has 134 valence electrons. The number of nitrogens with zero attached hydrogens (tertiary/aromatic N) is 2. The number of anilines is 1. The number of ether oxygens (including phenoxy) is 1. The molecule has 2 rings (SSSR count). The Kier molecular flexibility index (Phi) is 6.87. The minimum absolute atomic E-state index is 0.182. The lowest BCUT2D eigenvalue weighted by Gasteiger charge is -2.22. The van der Waals surface area contributed by atoms with Crippen molar-refractivity contribution >= 4 is 11.6 Å². The van der Waals surface area contributed by atoms with Gasteiger partial charge >= 0.3 is 0 Å². The largest absolute Gasteiger partial charge is 0.497 e. The minimum atomic E-state index is 0.182. The van der Waals surface area contributed by atoms with Crippen LogP contribution in [0.3, 0.4) is 0 Å². The summed E-state index contributed by atoms with van der Waals surface area (Å²) >= 11 is 0. The minimum Gasteiger partial charge on any atom is -0.497 e. The molecule has 0 aliphatic carbocycles. The van der Waals surface area contributed by atoms with Crippen LogP contribution in [0.15, 0.2) is 48.5 Å². The number of aryl methyl sites for hydroxylation is 1. The van der Waals surface area contributed by atoms with Crippen molar-refractivity contribution in [3.8, 4) is 5.75 Å². The van der Waals surface area contributed by atoms with E-state index in [2.05, 4.69) is 29.2 Å². The molecule has 4 heteroatoms. The van der Waals surface area contributed by atoms with Gasteiger partial charge < -0.3 is 14.5 Å². The molecule has 1 amide bonds. The van der Waals surface area contributed by atoms with E-state index in [1.165, 1.54) is 0 Å². The molecule has 0 bridgehead atoms. The Balaban J connectivity index is 1.93. The molecule has 2 aromatic carbocycles. The van der Waals surface area contributed by atoms with Crippen molar-refractivity contribution in [1.82, 2.24) is 4.90 Å². The van der Waals surface area contributed by atoms with Crippen LogP contribution in [0, 0.1) is 0 Å². The van der Waals surface area contributed by atoms with E-state index in [4.69, 9.17) is 4.74 Å². The molecule has 0 aliphatic rings. The molecule has 0 unspecified atom stereocenters. The SMILES string of the molecule is CCN(Cc1ccc(N(C)C)cc1)C(=O)CCc1cccc(OC)c1. The average molecular weight is 340 g/mol. The van der Waals surface area contributed by atoms with E-state index in [9.17, 15) is 4.79 Å². The molecule has 0 radical (unpaired) electrons. The molecule has 0 saturated carbocycles. The van der Waals surface area contributed by atoms with Gasteiger partial charge in [0, 0.05) is 39.3 Å². The Bertz CT molecular complexity index is 681. The van der Waals surface area contributed by atoms with Gasteiger partial charge in [0.15, 0.2) is 0 Å². The average Bonchev–Trinajstić information content (AvgIpc) is 2.64. The summed E-state index contributed by atoms with van der Waals surface area (Å²) in [7, 11) is 5.70. The summed E-state index contributed by atoms with van der Waals surface area (Å²) in [5, 5.41) is 0. The first-order valence-electron chi connectivity index (χ1n) is 8.70. The number of methoxy groups -OCH3 is 1. The Hall–Kier alpha value is -2.49. The van der Waals surface area contributed by atoms with Crippen LogP contribution in [-0.2, 0) is 17.8 Å². The predicted octanol–water partition coefficient (Wildman–Crippen LogP) is 3.74. The van der Waals surface area contributed by atoms with Gasteiger partial charge in [-0.3, -0.25) is 4.79 Å². The number of hydrogen-bond donors (Lipinski definition) is 0. The smallest absolute Gasteiger partial charge is 0.223 e. The van der Waals surface area contributed by atoms with Crippen molar-refractivity contribution in [2.24, 2.45) is 0 Å². The van der Waals surface area contributed by atoms with Crippen LogP contribution in [0.4, 0.5) is 5.69 Å². The topological polar surface area (TPSA) is 32.8 Å². The molecule has 25 heavy (non-hydrogen) atoms. The predicted molar refractivity (Wildman–Crippen MR) is 103 cm³/mol. The van der Waals surface area contributed by atoms with Crippen molar-refractivity contribution in [3.05, 3.63) is 59.7 Å². The van der Waals surface area contributed by atoms with Crippen molar-refractivity contribution in [3.63, 3.8) is 0 Å². The van der Waals surface area contributed by atoms with E-state index >= 15 is 0 Å². The van der Waals surface area contributed by atoms with Gasteiger partial charge in [0.2, 0.25) is 5.91 Å². The zero-order valence-electron chi connectivity index (χ0n) is 15.7. The number of rotatable bonds is 8. The maximum atomic E-state index is 12.6. The molecule has 0 saturated heterocycles. The van der Waals surface area contributed by atoms with Gasteiger partial charge in [-0.1, -0.05) is 24.3 Å². The fourth-order valence-corrected chi connectivity index (χ4v) is 2.73. The summed E-state index contributed by atoms with van der Waals surface area (Å²) in [6.07, 6.45) is 1.24. The summed E-state index contributed by atoms with van der Waals surface area (Å²) in [5.74, 6) is 1.01. The van der Waals surface area contributed by atoms with Gasteiger partial charge in [0.25, 0.3) is 0 Å². The molecule has 0 atom stereocenters. The second kappa shape index (κ2) is 9.11. The Morgan fingerprint density at radius 2 is 1.76 bits per heavy atom. The summed E-state index contributed by atoms with van der Waals surface area (Å²) in [4.78, 5) is 16.5. The Morgan fingerprint density at radius 3 is 2.36 bits per heavy atom. The van der Waals surface area contributed by atoms with Crippen LogP contribution >= 0.6 is 0 Å². The maximum absolute atomic E-state index is 12.6. The molecule has 0 aliphatic heterocycles. The van der Waals surface area contributed by atoms with Gasteiger partial charge in [-0.25, -0.2) is 0 Å². The van der Waals surface area contributed by atoms with Gasteiger partial charge in [-0.2, -0.15) is 0 Å². The van der Waals surface area contributed by atoms with Gasteiger partial charge in [-0.15, -0.1) is 0 Å². The van der Waals surface area contributed by atoms with Gasteiger partial charge in [0.1, 0.15) is 5.75 Å². The van der Waals surface area contributed by atoms with Crippen LogP contribution in [0.5, 0.6) is 5.75 Å². The van der Waals surface area contributed by atoms with E-state index in [-0.39, 0.29) is 5.91 Å². The quantitative estimate of drug-likeness (QED) is 0.734. The fourth-order valence-electron chi connectivity index (χ4n) is 2.73. The standard InChI is InChI=1S/C21H28N2O2/c1-5-23(16-18-9-12-19(13-10-18)22(2)3)21(24)14-11-17-7-6-8-20(15-17)25-4/h6-10,12-13,15H,5,11,14,16H2,1-4H3. The normalized spacial score (nSPS) is 10.4. The summed E-state index contributed by atoms with van der Waals surface area (Å²) in [6.45, 7) is 3.39. The molecule has 0 heterocycles. The molecular formula is C21H28N2O2. The van der Waals surface area contributed by atoms with Crippen molar-refractivity contribution in [1.29, 1.82) is 0 Å². The highest BCUT2D eigenvalue weighted by Crippen LogP contribution is 2.16. The molecule has 4 nitrogen and oxygen atoms in total. The monoisotopic (exact) mass is 340 g/mol. The second-order valence-corrected chi connectivity index (χ2v) is 6.32. The lowest BCUT2D eigenvalue weighted by molar-refractivity contribution is -0.131. The number of carbonyl (C=O) groups is 1. The van der Waals surface area contributed by atoms with E-state index in [0.717, 1.165) is 29.0 Å². The fraction of sp³-hybridized carbons (Fsp3) is 0.381. The van der Waals surface area contributed by atoms with E-state index < -0.39 is 0 Å². The molecule has 0 aromatic heterocycles. The third-order valence-corrected chi connectivity index (χ3v) is 4.32. The first kappa shape index (κ1) is 18.8. The first-order chi connectivity index (χ1) is 12.0. The van der Waals surface area contributed by atoms with Crippen molar-refractivity contribution < 1.29 is 9.53 Å². The highest BCUT2D eigenvalue weighted by molar-refractivity contribution is 5.76. The molecule has 0 fully saturated rings. The van der Waals surface area contributed by atoms with Gasteiger partial charge in [-0.05, 0) is 48.7 Å². The lowest BCUT2D eigenvalue weighted by Crippen LogP contribution is -2.30. The lowest BCUT2D eigenvalue weighted by atomic mass is 10.1. The Morgan fingerprint density at radius 1 is 1.04 bits per heavy atom. The van der Waals surface area contributed by atoms with Crippen LogP contribution in [0.25, 0.3) is 0 Å².